The van der Waals surface area contributed by atoms with Crippen molar-refractivity contribution in [2.75, 3.05) is 11.9 Å². The maximum atomic E-state index is 11.5. The summed E-state index contributed by atoms with van der Waals surface area (Å²) in [5.74, 6) is -2.04. The van der Waals surface area contributed by atoms with E-state index in [2.05, 4.69) is 20.9 Å². The molecule has 7 nitrogen and oxygen atoms in total. The molecule has 0 saturated carbocycles. The van der Waals surface area contributed by atoms with Crippen LogP contribution in [0.1, 0.15) is 13.8 Å². The second-order valence-electron chi connectivity index (χ2n) is 4.09. The Bertz CT molecular complexity index is 459. The lowest BCUT2D eigenvalue weighted by Crippen LogP contribution is -2.43. The number of nitrogens with zero attached hydrogens (tertiary/aromatic N) is 1. The Morgan fingerprint density at radius 1 is 1.16 bits per heavy atom. The molecule has 1 aromatic rings. The lowest BCUT2D eigenvalue weighted by Gasteiger charge is -2.09. The highest BCUT2D eigenvalue weighted by molar-refractivity contribution is 6.39. The van der Waals surface area contributed by atoms with Crippen LogP contribution in [0.25, 0.3) is 0 Å². The van der Waals surface area contributed by atoms with Crippen molar-refractivity contribution in [1.29, 1.82) is 0 Å². The Morgan fingerprint density at radius 3 is 2.37 bits per heavy atom. The summed E-state index contributed by atoms with van der Waals surface area (Å²) in [6.07, 6.45) is 2.98. The summed E-state index contributed by atoms with van der Waals surface area (Å²) in [7, 11) is 0. The van der Waals surface area contributed by atoms with E-state index in [0.29, 0.717) is 5.69 Å². The average Bonchev–Trinajstić information content (AvgIpc) is 2.36. The van der Waals surface area contributed by atoms with Crippen LogP contribution in [0.3, 0.4) is 0 Å². The Kier molecular flexibility index (Phi) is 5.46. The zero-order chi connectivity index (χ0) is 14.3. The molecule has 0 aromatic carbocycles. The van der Waals surface area contributed by atoms with Gasteiger partial charge in [0.25, 0.3) is 0 Å². The summed E-state index contributed by atoms with van der Waals surface area (Å²) < 4.78 is 0. The number of aromatic nitrogens is 1. The van der Waals surface area contributed by atoms with Crippen LogP contribution < -0.4 is 16.0 Å². The molecule has 19 heavy (non-hydrogen) atoms. The summed E-state index contributed by atoms with van der Waals surface area (Å²) in [4.78, 5) is 37.9. The van der Waals surface area contributed by atoms with Gasteiger partial charge in [-0.05, 0) is 26.0 Å². The van der Waals surface area contributed by atoms with E-state index >= 15 is 0 Å². The molecule has 0 aliphatic carbocycles. The maximum Gasteiger partial charge on any atom is 0.313 e. The molecule has 1 heterocycles. The highest BCUT2D eigenvalue weighted by Gasteiger charge is 2.14. The first-order valence-electron chi connectivity index (χ1n) is 5.77. The van der Waals surface area contributed by atoms with Gasteiger partial charge >= 0.3 is 11.8 Å². The van der Waals surface area contributed by atoms with Crippen molar-refractivity contribution in [2.24, 2.45) is 0 Å². The fourth-order valence-electron chi connectivity index (χ4n) is 1.24. The lowest BCUT2D eigenvalue weighted by molar-refractivity contribution is -0.136. The highest BCUT2D eigenvalue weighted by Crippen LogP contribution is 2.02. The van der Waals surface area contributed by atoms with Crippen LogP contribution in [0, 0.1) is 0 Å². The quantitative estimate of drug-likeness (QED) is 0.648. The molecule has 0 atom stereocenters. The van der Waals surface area contributed by atoms with Crippen molar-refractivity contribution >= 4 is 23.4 Å². The number of anilines is 1. The Morgan fingerprint density at radius 2 is 1.79 bits per heavy atom. The molecule has 7 heteroatoms. The van der Waals surface area contributed by atoms with E-state index in [1.54, 1.807) is 26.0 Å². The van der Waals surface area contributed by atoms with Gasteiger partial charge in [0, 0.05) is 24.1 Å². The number of hydrogen-bond acceptors (Lipinski definition) is 4. The van der Waals surface area contributed by atoms with Crippen LogP contribution in [0.4, 0.5) is 5.69 Å². The van der Waals surface area contributed by atoms with Gasteiger partial charge in [0.2, 0.25) is 5.91 Å². The molecule has 1 aromatic heterocycles. The summed E-state index contributed by atoms with van der Waals surface area (Å²) in [5, 5.41) is 7.21. The van der Waals surface area contributed by atoms with Crippen LogP contribution in [0.2, 0.25) is 0 Å². The fraction of sp³-hybridized carbons (Fsp3) is 0.333. The molecule has 0 saturated heterocycles. The SMILES string of the molecule is CC(C)NC(=O)CNC(=O)C(=O)Nc1ccncc1. The molecule has 0 bridgehead atoms. The third kappa shape index (κ3) is 5.62. The molecule has 0 aliphatic rings. The van der Waals surface area contributed by atoms with Crippen molar-refractivity contribution in [3.63, 3.8) is 0 Å². The number of nitrogens with one attached hydrogen (secondary N) is 3. The van der Waals surface area contributed by atoms with Crippen LogP contribution in [-0.2, 0) is 14.4 Å². The first-order chi connectivity index (χ1) is 8.99. The van der Waals surface area contributed by atoms with Gasteiger partial charge in [0.15, 0.2) is 0 Å². The maximum absolute atomic E-state index is 11.5. The van der Waals surface area contributed by atoms with Gasteiger partial charge in [0.05, 0.1) is 6.54 Å². The Hall–Kier alpha value is -2.44. The Balaban J connectivity index is 2.37. The third-order valence-corrected chi connectivity index (χ3v) is 2.00. The molecule has 1 rings (SSSR count). The van der Waals surface area contributed by atoms with E-state index in [1.165, 1.54) is 12.4 Å². The standard InChI is InChI=1S/C12H16N4O3/c1-8(2)15-10(17)7-14-11(18)12(19)16-9-3-5-13-6-4-9/h3-6,8H,7H2,1-2H3,(H,14,18)(H,15,17)(H,13,16,19). The molecule has 3 N–H and O–H groups in total. The lowest BCUT2D eigenvalue weighted by atomic mass is 10.3. The van der Waals surface area contributed by atoms with Crippen molar-refractivity contribution in [3.8, 4) is 0 Å². The van der Waals surface area contributed by atoms with Gasteiger partial charge in [-0.2, -0.15) is 0 Å². The number of amides is 3. The number of pyridine rings is 1. The van der Waals surface area contributed by atoms with Crippen molar-refractivity contribution in [3.05, 3.63) is 24.5 Å². The van der Waals surface area contributed by atoms with E-state index in [-0.39, 0.29) is 18.5 Å². The molecule has 102 valence electrons. The average molecular weight is 264 g/mol. The summed E-state index contributed by atoms with van der Waals surface area (Å²) in [5.41, 5.74) is 0.460. The fourth-order valence-corrected chi connectivity index (χ4v) is 1.24. The van der Waals surface area contributed by atoms with Gasteiger partial charge in [0.1, 0.15) is 0 Å². The topological polar surface area (TPSA) is 100 Å². The minimum Gasteiger partial charge on any atom is -0.352 e. The summed E-state index contributed by atoms with van der Waals surface area (Å²) in [6, 6.07) is 3.09. The zero-order valence-electron chi connectivity index (χ0n) is 10.8. The van der Waals surface area contributed by atoms with E-state index in [0.717, 1.165) is 0 Å². The first-order valence-corrected chi connectivity index (χ1v) is 5.77. The van der Waals surface area contributed by atoms with E-state index in [9.17, 15) is 14.4 Å². The van der Waals surface area contributed by atoms with E-state index < -0.39 is 11.8 Å². The zero-order valence-corrected chi connectivity index (χ0v) is 10.8. The van der Waals surface area contributed by atoms with Crippen molar-refractivity contribution in [1.82, 2.24) is 15.6 Å². The minimum atomic E-state index is -0.865. The molecule has 0 aliphatic heterocycles. The predicted octanol–water partition coefficient (Wildman–Crippen LogP) is -0.339. The summed E-state index contributed by atoms with van der Waals surface area (Å²) >= 11 is 0. The molecular weight excluding hydrogens is 248 g/mol. The third-order valence-electron chi connectivity index (χ3n) is 2.00. The van der Waals surface area contributed by atoms with E-state index in [1.807, 2.05) is 0 Å². The van der Waals surface area contributed by atoms with Gasteiger partial charge in [-0.1, -0.05) is 0 Å². The molecule has 0 radical (unpaired) electrons. The van der Waals surface area contributed by atoms with E-state index in [4.69, 9.17) is 0 Å². The first kappa shape index (κ1) is 14.6. The number of hydrogen-bond donors (Lipinski definition) is 3. The highest BCUT2D eigenvalue weighted by atomic mass is 16.2. The van der Waals surface area contributed by atoms with Crippen molar-refractivity contribution < 1.29 is 14.4 Å². The van der Waals surface area contributed by atoms with Gasteiger partial charge in [-0.25, -0.2) is 0 Å². The normalized spacial score (nSPS) is 9.84. The minimum absolute atomic E-state index is 0.0185. The molecule has 0 fully saturated rings. The summed E-state index contributed by atoms with van der Waals surface area (Å²) in [6.45, 7) is 3.37. The molecule has 0 unspecified atom stereocenters. The largest absolute Gasteiger partial charge is 0.352 e. The number of carbonyl (C=O) groups is 3. The molecule has 0 spiro atoms. The van der Waals surface area contributed by atoms with Gasteiger partial charge < -0.3 is 16.0 Å². The smallest absolute Gasteiger partial charge is 0.313 e. The second-order valence-corrected chi connectivity index (χ2v) is 4.09. The Labute approximate surface area is 110 Å². The van der Waals surface area contributed by atoms with Crippen LogP contribution in [0.15, 0.2) is 24.5 Å². The predicted molar refractivity (Wildman–Crippen MR) is 69.2 cm³/mol. The second kappa shape index (κ2) is 7.10. The van der Waals surface area contributed by atoms with Gasteiger partial charge in [-0.15, -0.1) is 0 Å². The van der Waals surface area contributed by atoms with Crippen LogP contribution >= 0.6 is 0 Å². The van der Waals surface area contributed by atoms with Crippen LogP contribution in [-0.4, -0.2) is 35.3 Å². The monoisotopic (exact) mass is 264 g/mol. The number of rotatable bonds is 4. The van der Waals surface area contributed by atoms with Crippen molar-refractivity contribution in [2.45, 2.75) is 19.9 Å². The van der Waals surface area contributed by atoms with Crippen LogP contribution in [0.5, 0.6) is 0 Å². The molecule has 3 amide bonds. The number of carbonyl (C=O) groups excluding carboxylic acids is 3. The molecular formula is C12H16N4O3. The van der Waals surface area contributed by atoms with Gasteiger partial charge in [-0.3, -0.25) is 19.4 Å².